The van der Waals surface area contributed by atoms with Gasteiger partial charge in [-0.3, -0.25) is 4.57 Å². The lowest BCUT2D eigenvalue weighted by Crippen LogP contribution is -2.03. The van der Waals surface area contributed by atoms with E-state index >= 15 is 0 Å². The molecule has 0 aliphatic heterocycles. The van der Waals surface area contributed by atoms with E-state index in [1.165, 1.54) is 65.3 Å². The standard InChI is InChI=1S/C50H30N4/c1-3-15-35-31(12-1)14-11-20-36(35)32-24-26-33(27-25-32)49-40-19-6-8-21-43(40)51-50(52-49)54-45-23-10-7-18-39(45)42-29-41-37-16-4-5-17-38(37)46-28-34-13-2-9-22-44(34)53(46)47(41)30-48(42)54/h1-30H. The molecule has 0 saturated carbocycles. The molecule has 12 aromatic rings. The van der Waals surface area contributed by atoms with E-state index in [2.05, 4.69) is 191 Å². The molecule has 0 atom stereocenters. The number of fused-ring (bicyclic) bond motifs is 13. The Hall–Kier alpha value is -7.30. The van der Waals surface area contributed by atoms with Gasteiger partial charge >= 0.3 is 0 Å². The Morgan fingerprint density at radius 1 is 0.333 bits per heavy atom. The lowest BCUT2D eigenvalue weighted by Gasteiger charge is -2.14. The zero-order valence-corrected chi connectivity index (χ0v) is 29.1. The summed E-state index contributed by atoms with van der Waals surface area (Å²) in [6, 6.07) is 65.5. The molecule has 0 aliphatic rings. The molecule has 4 heteroatoms. The van der Waals surface area contributed by atoms with E-state index in [9.17, 15) is 0 Å². The van der Waals surface area contributed by atoms with E-state index in [-0.39, 0.29) is 0 Å². The quantitative estimate of drug-likeness (QED) is 0.173. The molecule has 12 rings (SSSR count). The van der Waals surface area contributed by atoms with Crippen molar-refractivity contribution in [1.82, 2.24) is 18.9 Å². The fourth-order valence-electron chi connectivity index (χ4n) is 8.84. The first-order valence-corrected chi connectivity index (χ1v) is 18.4. The van der Waals surface area contributed by atoms with Gasteiger partial charge in [0.2, 0.25) is 5.95 Å². The highest BCUT2D eigenvalue weighted by molar-refractivity contribution is 6.21. The van der Waals surface area contributed by atoms with Crippen LogP contribution in [0.25, 0.3) is 110 Å². The van der Waals surface area contributed by atoms with Crippen LogP contribution in [0, 0.1) is 0 Å². The Labute approximate surface area is 309 Å². The number of aromatic nitrogens is 4. The van der Waals surface area contributed by atoms with Crippen molar-refractivity contribution in [2.24, 2.45) is 0 Å². The van der Waals surface area contributed by atoms with E-state index in [0.29, 0.717) is 5.95 Å². The third-order valence-corrected chi connectivity index (χ3v) is 11.3. The number of hydrogen-bond donors (Lipinski definition) is 0. The highest BCUT2D eigenvalue weighted by atomic mass is 15.2. The van der Waals surface area contributed by atoms with Crippen LogP contribution in [0.15, 0.2) is 182 Å². The summed E-state index contributed by atoms with van der Waals surface area (Å²) in [6.45, 7) is 0. The van der Waals surface area contributed by atoms with Crippen molar-refractivity contribution in [2.75, 3.05) is 0 Å². The van der Waals surface area contributed by atoms with Gasteiger partial charge < -0.3 is 4.40 Å². The molecule has 4 heterocycles. The van der Waals surface area contributed by atoms with Crippen molar-refractivity contribution in [3.05, 3.63) is 182 Å². The second-order valence-corrected chi connectivity index (χ2v) is 14.2. The van der Waals surface area contributed by atoms with Crippen molar-refractivity contribution in [3.8, 4) is 28.3 Å². The van der Waals surface area contributed by atoms with E-state index in [4.69, 9.17) is 9.97 Å². The highest BCUT2D eigenvalue weighted by Crippen LogP contribution is 2.40. The zero-order chi connectivity index (χ0) is 35.3. The molecule has 0 aliphatic carbocycles. The molecular formula is C50H30N4. The van der Waals surface area contributed by atoms with Crippen LogP contribution in [0.1, 0.15) is 0 Å². The third kappa shape index (κ3) is 4.13. The molecule has 0 unspecified atom stereocenters. The average Bonchev–Trinajstić information content (AvgIpc) is 3.79. The van der Waals surface area contributed by atoms with Gasteiger partial charge in [0, 0.05) is 37.9 Å². The van der Waals surface area contributed by atoms with Gasteiger partial charge in [0.25, 0.3) is 0 Å². The monoisotopic (exact) mass is 686 g/mol. The van der Waals surface area contributed by atoms with Crippen LogP contribution in [0.4, 0.5) is 0 Å². The van der Waals surface area contributed by atoms with Crippen LogP contribution in [-0.4, -0.2) is 18.9 Å². The number of hydrogen-bond acceptors (Lipinski definition) is 2. The zero-order valence-electron chi connectivity index (χ0n) is 29.1. The molecule has 4 aromatic heterocycles. The topological polar surface area (TPSA) is 35.1 Å². The highest BCUT2D eigenvalue weighted by Gasteiger charge is 2.20. The van der Waals surface area contributed by atoms with Gasteiger partial charge in [-0.1, -0.05) is 146 Å². The first kappa shape index (κ1) is 29.3. The minimum atomic E-state index is 0.654. The fourth-order valence-corrected chi connectivity index (χ4v) is 8.84. The molecule has 0 bridgehead atoms. The van der Waals surface area contributed by atoms with Crippen LogP contribution >= 0.6 is 0 Å². The van der Waals surface area contributed by atoms with Gasteiger partial charge in [-0.15, -0.1) is 0 Å². The van der Waals surface area contributed by atoms with Crippen LogP contribution in [0.5, 0.6) is 0 Å². The van der Waals surface area contributed by atoms with Crippen molar-refractivity contribution in [1.29, 1.82) is 0 Å². The molecule has 250 valence electrons. The Morgan fingerprint density at radius 3 is 1.76 bits per heavy atom. The first-order valence-electron chi connectivity index (χ1n) is 18.4. The normalized spacial score (nSPS) is 12.1. The molecule has 8 aromatic carbocycles. The predicted octanol–water partition coefficient (Wildman–Crippen LogP) is 12.9. The van der Waals surface area contributed by atoms with Gasteiger partial charge in [-0.05, 0) is 63.7 Å². The van der Waals surface area contributed by atoms with E-state index in [1.54, 1.807) is 0 Å². The summed E-state index contributed by atoms with van der Waals surface area (Å²) in [6.07, 6.45) is 0. The van der Waals surface area contributed by atoms with E-state index < -0.39 is 0 Å². The average molecular weight is 687 g/mol. The van der Waals surface area contributed by atoms with Crippen LogP contribution in [0.3, 0.4) is 0 Å². The molecule has 0 N–H and O–H groups in total. The third-order valence-electron chi connectivity index (χ3n) is 11.3. The summed E-state index contributed by atoms with van der Waals surface area (Å²) in [5, 5.41) is 10.8. The Balaban J connectivity index is 1.13. The Morgan fingerprint density at radius 2 is 0.926 bits per heavy atom. The molecule has 0 fully saturated rings. The molecule has 54 heavy (non-hydrogen) atoms. The van der Waals surface area contributed by atoms with Crippen molar-refractivity contribution in [2.45, 2.75) is 0 Å². The van der Waals surface area contributed by atoms with Gasteiger partial charge in [0.05, 0.1) is 38.8 Å². The number of nitrogens with zero attached hydrogens (tertiary/aromatic N) is 4. The van der Waals surface area contributed by atoms with Crippen LogP contribution < -0.4 is 0 Å². The van der Waals surface area contributed by atoms with Gasteiger partial charge in [0.1, 0.15) is 0 Å². The summed E-state index contributed by atoms with van der Waals surface area (Å²) in [4.78, 5) is 10.7. The number of benzene rings is 8. The maximum atomic E-state index is 5.44. The summed E-state index contributed by atoms with van der Waals surface area (Å²) in [5.41, 5.74) is 11.0. The Kier molecular flexibility index (Phi) is 6.02. The predicted molar refractivity (Wildman–Crippen MR) is 226 cm³/mol. The SMILES string of the molecule is c1ccc2c(-c3ccc(-c4nc(-n5c6ccccc6c6cc7c8ccccc8c8cc9ccccc9n8c7cc65)nc5ccccc45)cc3)cccc2c1. The summed E-state index contributed by atoms with van der Waals surface area (Å²) < 4.78 is 4.69. The first-order chi connectivity index (χ1) is 26.8. The lowest BCUT2D eigenvalue weighted by atomic mass is 9.96. The number of pyridine rings is 1. The van der Waals surface area contributed by atoms with Crippen LogP contribution in [-0.2, 0) is 0 Å². The van der Waals surface area contributed by atoms with Crippen LogP contribution in [0.2, 0.25) is 0 Å². The maximum Gasteiger partial charge on any atom is 0.235 e. The number of para-hydroxylation sites is 3. The second kappa shape index (κ2) is 11.1. The molecular weight excluding hydrogens is 657 g/mol. The maximum absolute atomic E-state index is 5.44. The van der Waals surface area contributed by atoms with Gasteiger partial charge in [-0.25, -0.2) is 9.97 Å². The summed E-state index contributed by atoms with van der Waals surface area (Å²) in [7, 11) is 0. The van der Waals surface area contributed by atoms with Crippen molar-refractivity contribution in [3.63, 3.8) is 0 Å². The molecule has 0 radical (unpaired) electrons. The molecule has 0 saturated heterocycles. The van der Waals surface area contributed by atoms with Gasteiger partial charge in [-0.2, -0.15) is 0 Å². The fraction of sp³-hybridized carbons (Fsp3) is 0. The lowest BCUT2D eigenvalue weighted by molar-refractivity contribution is 1.01. The second-order valence-electron chi connectivity index (χ2n) is 14.2. The number of rotatable bonds is 3. The summed E-state index contributed by atoms with van der Waals surface area (Å²) >= 11 is 0. The largest absolute Gasteiger partial charge is 0.309 e. The minimum Gasteiger partial charge on any atom is -0.309 e. The van der Waals surface area contributed by atoms with E-state index in [0.717, 1.165) is 38.7 Å². The smallest absolute Gasteiger partial charge is 0.235 e. The molecule has 4 nitrogen and oxygen atoms in total. The Bertz CT molecular complexity index is 3490. The summed E-state index contributed by atoms with van der Waals surface area (Å²) in [5.74, 6) is 0.654. The molecule has 0 spiro atoms. The molecule has 0 amide bonds. The van der Waals surface area contributed by atoms with Crippen molar-refractivity contribution >= 4 is 81.6 Å². The van der Waals surface area contributed by atoms with Crippen molar-refractivity contribution < 1.29 is 0 Å². The van der Waals surface area contributed by atoms with E-state index in [1.807, 2.05) is 0 Å². The van der Waals surface area contributed by atoms with Gasteiger partial charge in [0.15, 0.2) is 0 Å². The minimum absolute atomic E-state index is 0.654.